The lowest BCUT2D eigenvalue weighted by Gasteiger charge is -2.40. The van der Waals surface area contributed by atoms with Gasteiger partial charge in [-0.05, 0) is 81.5 Å². The van der Waals surface area contributed by atoms with Gasteiger partial charge in [0.05, 0.1) is 10.6 Å². The number of ketones is 1. The monoisotopic (exact) mass is 432 g/mol. The number of benzene rings is 2. The molecule has 0 atom stereocenters. The summed E-state index contributed by atoms with van der Waals surface area (Å²) >= 11 is 12.6. The molecule has 2 aromatic carbocycles. The van der Waals surface area contributed by atoms with Gasteiger partial charge in [-0.3, -0.25) is 4.79 Å². The van der Waals surface area contributed by atoms with Crippen molar-refractivity contribution >= 4 is 34.6 Å². The molecule has 0 saturated carbocycles. The number of halogens is 2. The second-order valence-corrected chi connectivity index (χ2v) is 9.32. The molecule has 3 rings (SSSR count). The minimum atomic E-state index is -1.04. The first-order valence-electron chi connectivity index (χ1n) is 9.67. The summed E-state index contributed by atoms with van der Waals surface area (Å²) in [6.07, 6.45) is 0.717. The van der Waals surface area contributed by atoms with Crippen LogP contribution in [-0.4, -0.2) is 22.1 Å². The van der Waals surface area contributed by atoms with Crippen molar-refractivity contribution < 1.29 is 14.6 Å². The van der Waals surface area contributed by atoms with E-state index in [1.165, 1.54) is 0 Å². The summed E-state index contributed by atoms with van der Waals surface area (Å²) < 4.78 is 5.88. The van der Waals surface area contributed by atoms with Crippen LogP contribution >= 0.6 is 23.2 Å². The number of ether oxygens (including phenoxy) is 1. The number of aliphatic hydroxyl groups is 1. The summed E-state index contributed by atoms with van der Waals surface area (Å²) in [5.74, 6) is -0.285. The Kier molecular flexibility index (Phi) is 5.63. The van der Waals surface area contributed by atoms with Crippen molar-refractivity contribution in [3.05, 3.63) is 62.8 Å². The summed E-state index contributed by atoms with van der Waals surface area (Å²) in [7, 11) is 0. The Morgan fingerprint density at radius 1 is 1.03 bits per heavy atom. The molecule has 2 aromatic rings. The van der Waals surface area contributed by atoms with E-state index in [4.69, 9.17) is 27.9 Å². The highest BCUT2D eigenvalue weighted by Gasteiger charge is 2.47. The quantitative estimate of drug-likeness (QED) is 0.569. The van der Waals surface area contributed by atoms with Crippen LogP contribution in [0, 0.1) is 6.92 Å². The predicted octanol–water partition coefficient (Wildman–Crippen LogP) is 6.96. The molecule has 0 aliphatic carbocycles. The van der Waals surface area contributed by atoms with Gasteiger partial charge < -0.3 is 9.84 Å². The average molecular weight is 433 g/mol. The Bertz CT molecular complexity index is 1010. The Labute approximate surface area is 182 Å². The molecule has 0 radical (unpaired) electrons. The van der Waals surface area contributed by atoms with Crippen LogP contribution in [0.3, 0.4) is 0 Å². The third-order valence-electron chi connectivity index (χ3n) is 5.39. The normalized spacial score (nSPS) is 18.3. The van der Waals surface area contributed by atoms with E-state index in [0.29, 0.717) is 27.6 Å². The fourth-order valence-corrected chi connectivity index (χ4v) is 4.74. The van der Waals surface area contributed by atoms with E-state index >= 15 is 0 Å². The van der Waals surface area contributed by atoms with Crippen LogP contribution in [0.25, 0.3) is 16.7 Å². The molecule has 0 unspecified atom stereocenters. The van der Waals surface area contributed by atoms with E-state index in [0.717, 1.165) is 22.3 Å². The number of carbonyl (C=O) groups is 1. The summed E-state index contributed by atoms with van der Waals surface area (Å²) in [6, 6.07) is 9.47. The van der Waals surface area contributed by atoms with Crippen molar-refractivity contribution in [2.24, 2.45) is 0 Å². The van der Waals surface area contributed by atoms with Crippen molar-refractivity contribution in [3.8, 4) is 11.1 Å². The van der Waals surface area contributed by atoms with Gasteiger partial charge in [0.2, 0.25) is 0 Å². The van der Waals surface area contributed by atoms with Crippen molar-refractivity contribution in [2.75, 3.05) is 0 Å². The minimum Gasteiger partial charge on any atom is -0.508 e. The molecule has 154 valence electrons. The third kappa shape index (κ3) is 3.84. The van der Waals surface area contributed by atoms with E-state index < -0.39 is 11.2 Å². The highest BCUT2D eigenvalue weighted by Crippen LogP contribution is 2.42. The van der Waals surface area contributed by atoms with Crippen LogP contribution in [0.2, 0.25) is 10.0 Å². The smallest absolute Gasteiger partial charge is 0.198 e. The predicted molar refractivity (Wildman–Crippen MR) is 120 cm³/mol. The summed E-state index contributed by atoms with van der Waals surface area (Å²) in [4.78, 5) is 13.3. The summed E-state index contributed by atoms with van der Waals surface area (Å²) in [5, 5.41) is 12.1. The summed E-state index contributed by atoms with van der Waals surface area (Å²) in [5.41, 5.74) is 2.65. The van der Waals surface area contributed by atoms with Gasteiger partial charge in [0.1, 0.15) is 17.0 Å². The Balaban J connectivity index is 2.31. The van der Waals surface area contributed by atoms with Gasteiger partial charge in [0, 0.05) is 10.6 Å². The molecule has 1 aliphatic heterocycles. The maximum Gasteiger partial charge on any atom is 0.198 e. The minimum absolute atomic E-state index is 0.0485. The summed E-state index contributed by atoms with van der Waals surface area (Å²) in [6.45, 7) is 11.0. The molecule has 1 aliphatic rings. The van der Waals surface area contributed by atoms with E-state index in [2.05, 4.69) is 0 Å². The number of aryl methyl sites for hydroxylation is 2. The molecule has 29 heavy (non-hydrogen) atoms. The molecular weight excluding hydrogens is 407 g/mol. The molecule has 0 aromatic heterocycles. The first kappa shape index (κ1) is 21.9. The zero-order chi connectivity index (χ0) is 21.7. The molecule has 1 heterocycles. The van der Waals surface area contributed by atoms with Crippen LogP contribution in [0.15, 0.2) is 36.1 Å². The highest BCUT2D eigenvalue weighted by atomic mass is 35.5. The zero-order valence-corrected chi connectivity index (χ0v) is 19.1. The van der Waals surface area contributed by atoms with Gasteiger partial charge in [-0.25, -0.2) is 0 Å². The number of hydrogen-bond donors (Lipinski definition) is 1. The third-order valence-corrected chi connectivity index (χ3v) is 5.91. The van der Waals surface area contributed by atoms with Crippen molar-refractivity contribution in [1.29, 1.82) is 0 Å². The van der Waals surface area contributed by atoms with Gasteiger partial charge in [0.25, 0.3) is 0 Å². The lowest BCUT2D eigenvalue weighted by molar-refractivity contribution is -0.158. The SMILES string of the molecule is CCc1ccc(-c2c(C)cc(Cl)cc2Cl)cc1C1=C(O)C(C)(C)OC(C)(C)C1=O. The fourth-order valence-electron chi connectivity index (χ4n) is 4.03. The number of hydrogen-bond acceptors (Lipinski definition) is 3. The topological polar surface area (TPSA) is 46.5 Å². The molecule has 0 amide bonds. The first-order valence-corrected chi connectivity index (χ1v) is 10.4. The standard InChI is InChI=1S/C24H26Cl2O3/c1-7-14-8-9-15(19-13(2)10-16(25)12-18(19)26)11-17(14)20-21(27)23(3,4)29-24(5,6)22(20)28/h8-12,27H,7H2,1-6H3. The van der Waals surface area contributed by atoms with Crippen LogP contribution in [0.4, 0.5) is 0 Å². The average Bonchev–Trinajstić information content (AvgIpc) is 2.59. The highest BCUT2D eigenvalue weighted by molar-refractivity contribution is 6.36. The van der Waals surface area contributed by atoms with E-state index in [-0.39, 0.29) is 11.5 Å². The molecule has 3 nitrogen and oxygen atoms in total. The van der Waals surface area contributed by atoms with Gasteiger partial charge in [-0.1, -0.05) is 42.3 Å². The van der Waals surface area contributed by atoms with E-state index in [1.807, 2.05) is 38.1 Å². The van der Waals surface area contributed by atoms with Gasteiger partial charge in [-0.2, -0.15) is 0 Å². The van der Waals surface area contributed by atoms with Crippen molar-refractivity contribution in [3.63, 3.8) is 0 Å². The second kappa shape index (κ2) is 7.46. The number of Topliss-reactive ketones (excluding diaryl/α,β-unsaturated/α-hetero) is 1. The molecular formula is C24H26Cl2O3. The van der Waals surface area contributed by atoms with Crippen LogP contribution in [0.5, 0.6) is 0 Å². The van der Waals surface area contributed by atoms with Gasteiger partial charge in [0.15, 0.2) is 5.78 Å². The second-order valence-electron chi connectivity index (χ2n) is 8.48. The maximum atomic E-state index is 13.3. The molecule has 5 heteroatoms. The Morgan fingerprint density at radius 2 is 1.69 bits per heavy atom. The van der Waals surface area contributed by atoms with E-state index in [9.17, 15) is 9.90 Å². The number of aliphatic hydroxyl groups excluding tert-OH is 1. The number of rotatable bonds is 3. The lowest BCUT2D eigenvalue weighted by atomic mass is 9.80. The zero-order valence-electron chi connectivity index (χ0n) is 17.6. The van der Waals surface area contributed by atoms with Crippen LogP contribution in [-0.2, 0) is 16.0 Å². The Morgan fingerprint density at radius 3 is 2.28 bits per heavy atom. The van der Waals surface area contributed by atoms with Crippen LogP contribution < -0.4 is 0 Å². The molecule has 0 saturated heterocycles. The number of carbonyl (C=O) groups excluding carboxylic acids is 1. The molecule has 0 spiro atoms. The maximum absolute atomic E-state index is 13.3. The Hall–Kier alpha value is -1.81. The first-order chi connectivity index (χ1) is 13.4. The van der Waals surface area contributed by atoms with Crippen molar-refractivity contribution in [1.82, 2.24) is 0 Å². The van der Waals surface area contributed by atoms with E-state index in [1.54, 1.807) is 33.8 Å². The molecule has 1 N–H and O–H groups in total. The largest absolute Gasteiger partial charge is 0.508 e. The lowest BCUT2D eigenvalue weighted by Crippen LogP contribution is -2.49. The molecule has 0 bridgehead atoms. The molecule has 0 fully saturated rings. The van der Waals surface area contributed by atoms with Gasteiger partial charge >= 0.3 is 0 Å². The fraction of sp³-hybridized carbons (Fsp3) is 0.375. The van der Waals surface area contributed by atoms with Crippen molar-refractivity contribution in [2.45, 2.75) is 59.2 Å². The van der Waals surface area contributed by atoms with Gasteiger partial charge in [-0.15, -0.1) is 0 Å². The van der Waals surface area contributed by atoms with Crippen LogP contribution in [0.1, 0.15) is 51.3 Å².